The minimum Gasteiger partial charge on any atom is -0.432 e. The molecular formula is C21H32ClFN3O14P. The Kier molecular flexibility index (Phi) is 13.2. The molecule has 1 aromatic rings. The Labute approximate surface area is 238 Å². The number of nitrogen functional groups attached to an aromatic ring is 1. The molecule has 17 nitrogen and oxygen atoms in total. The second-order valence-electron chi connectivity index (χ2n) is 8.80. The van der Waals surface area contributed by atoms with Crippen molar-refractivity contribution >= 4 is 37.6 Å². The quantitative estimate of drug-likeness (QED) is 0.0928. The lowest BCUT2D eigenvalue weighted by molar-refractivity contribution is -0.147. The number of ether oxygens (including phenoxy) is 6. The third-order valence-corrected chi connectivity index (χ3v) is 6.62. The summed E-state index contributed by atoms with van der Waals surface area (Å²) in [7, 11) is -4.66. The highest BCUT2D eigenvalue weighted by Crippen LogP contribution is 2.49. The molecule has 0 spiro atoms. The number of phosphoric acid groups is 1. The van der Waals surface area contributed by atoms with E-state index in [4.69, 9.17) is 49.9 Å². The van der Waals surface area contributed by atoms with Gasteiger partial charge in [-0.15, -0.1) is 11.6 Å². The number of carbonyl (C=O) groups is 2. The van der Waals surface area contributed by atoms with E-state index in [0.717, 1.165) is 10.8 Å². The van der Waals surface area contributed by atoms with Crippen molar-refractivity contribution in [3.05, 3.63) is 22.7 Å². The van der Waals surface area contributed by atoms with Crippen LogP contribution in [-0.4, -0.2) is 89.9 Å². The number of alkyl halides is 2. The maximum atomic E-state index is 15.0. The van der Waals surface area contributed by atoms with E-state index in [1.54, 1.807) is 27.7 Å². The maximum absolute atomic E-state index is 15.0. The molecule has 1 fully saturated rings. The largest absolute Gasteiger partial charge is 0.510 e. The van der Waals surface area contributed by atoms with Crippen molar-refractivity contribution in [3.8, 4) is 0 Å². The Morgan fingerprint density at radius 2 is 1.68 bits per heavy atom. The predicted molar refractivity (Wildman–Crippen MR) is 134 cm³/mol. The van der Waals surface area contributed by atoms with Gasteiger partial charge in [-0.2, -0.15) is 4.98 Å². The summed E-state index contributed by atoms with van der Waals surface area (Å²) in [6, 6.07) is 1.23. The van der Waals surface area contributed by atoms with Gasteiger partial charge in [-0.3, -0.25) is 9.09 Å². The number of carbonyl (C=O) groups excluding carboxylic acids is 2. The fourth-order valence-corrected chi connectivity index (χ4v) is 4.17. The lowest BCUT2D eigenvalue weighted by atomic mass is 9.99. The van der Waals surface area contributed by atoms with Crippen molar-refractivity contribution in [2.45, 2.75) is 64.0 Å². The number of nitrogens with zero attached hydrogens (tertiary/aromatic N) is 2. The summed E-state index contributed by atoms with van der Waals surface area (Å²) < 4.78 is 72.9. The van der Waals surface area contributed by atoms with Gasteiger partial charge in [0.1, 0.15) is 17.5 Å². The molecule has 0 bridgehead atoms. The highest BCUT2D eigenvalue weighted by Gasteiger charge is 2.56. The molecule has 2 rings (SSSR count). The first kappa shape index (κ1) is 34.6. The molecule has 4 atom stereocenters. The van der Waals surface area contributed by atoms with Crippen LogP contribution >= 0.6 is 19.4 Å². The Hall–Kier alpha value is -2.57. The lowest BCUT2D eigenvalue weighted by Crippen LogP contribution is -2.48. The van der Waals surface area contributed by atoms with E-state index in [0.29, 0.717) is 0 Å². The number of aliphatic hydroxyl groups is 1. The standard InChI is InChI=1S/C21H32ClFN3O14P/c1-12(2)38-19(29)33-10-36-41(31,37-11-34-20(30)39-13(3)4)35-9-32-8-21(7-22)16(27)15(23)17(40-21)26-6-5-14(24)25-18(26)28/h5-6,12-13,15-17,27H,7-11H2,1-4H3,(H2,24,25,28)/t15-,16+,17-,21-/m1/s1. The molecule has 3 N–H and O–H groups in total. The molecule has 41 heavy (non-hydrogen) atoms. The van der Waals surface area contributed by atoms with E-state index in [9.17, 15) is 28.4 Å². The normalized spacial score (nSPS) is 22.6. The highest BCUT2D eigenvalue weighted by atomic mass is 35.5. The summed E-state index contributed by atoms with van der Waals surface area (Å²) in [6.07, 6.45) is -7.85. The summed E-state index contributed by atoms with van der Waals surface area (Å²) in [5.41, 5.74) is 2.61. The van der Waals surface area contributed by atoms with Gasteiger partial charge in [-0.05, 0) is 33.8 Å². The van der Waals surface area contributed by atoms with Crippen molar-refractivity contribution < 1.29 is 65.6 Å². The molecule has 234 valence electrons. The van der Waals surface area contributed by atoms with Crippen LogP contribution in [0.25, 0.3) is 0 Å². The Morgan fingerprint density at radius 3 is 2.17 bits per heavy atom. The molecule has 1 aliphatic rings. The van der Waals surface area contributed by atoms with Gasteiger partial charge in [0, 0.05) is 6.20 Å². The fraction of sp³-hybridized carbons (Fsp3) is 0.714. The van der Waals surface area contributed by atoms with E-state index in [2.05, 4.69) is 14.5 Å². The first-order valence-electron chi connectivity index (χ1n) is 11.9. The number of hydrogen-bond donors (Lipinski definition) is 2. The fourth-order valence-electron chi connectivity index (χ4n) is 3.08. The minimum atomic E-state index is -4.66. The van der Waals surface area contributed by atoms with Gasteiger partial charge in [0.25, 0.3) is 0 Å². The zero-order valence-electron chi connectivity index (χ0n) is 22.5. The van der Waals surface area contributed by atoms with Crippen LogP contribution in [0.1, 0.15) is 33.9 Å². The van der Waals surface area contributed by atoms with Crippen LogP contribution < -0.4 is 11.4 Å². The molecule has 0 saturated carbocycles. The maximum Gasteiger partial charge on any atom is 0.510 e. The first-order chi connectivity index (χ1) is 19.2. The molecule has 0 aromatic carbocycles. The molecule has 20 heteroatoms. The summed E-state index contributed by atoms with van der Waals surface area (Å²) >= 11 is 5.96. The number of nitrogens with two attached hydrogens (primary N) is 1. The van der Waals surface area contributed by atoms with Crippen LogP contribution in [-0.2, 0) is 46.6 Å². The first-order valence-corrected chi connectivity index (χ1v) is 13.9. The average Bonchev–Trinajstić information content (AvgIpc) is 3.11. The third kappa shape index (κ3) is 10.3. The molecule has 0 amide bonds. The van der Waals surface area contributed by atoms with Crippen molar-refractivity contribution in [1.82, 2.24) is 9.55 Å². The van der Waals surface area contributed by atoms with Crippen LogP contribution in [0, 0.1) is 0 Å². The van der Waals surface area contributed by atoms with Gasteiger partial charge in [-0.1, -0.05) is 0 Å². The van der Waals surface area contributed by atoms with Crippen LogP contribution in [0.5, 0.6) is 0 Å². The SMILES string of the molecule is CC(C)OC(=O)OCOP(=O)(OCOC[C@@]1(CCl)O[C@@H](n2ccc(N)nc2=O)[C@H](F)[C@@H]1O)OCOC(=O)OC(C)C. The highest BCUT2D eigenvalue weighted by molar-refractivity contribution is 7.48. The van der Waals surface area contributed by atoms with Crippen molar-refractivity contribution in [2.75, 3.05) is 38.6 Å². The van der Waals surface area contributed by atoms with E-state index >= 15 is 0 Å². The van der Waals surface area contributed by atoms with Gasteiger partial charge >= 0.3 is 25.8 Å². The molecule has 1 aliphatic heterocycles. The van der Waals surface area contributed by atoms with E-state index in [1.807, 2.05) is 0 Å². The molecular weight excluding hydrogens is 604 g/mol. The molecule has 1 aromatic heterocycles. The third-order valence-electron chi connectivity index (χ3n) is 4.90. The summed E-state index contributed by atoms with van der Waals surface area (Å²) in [4.78, 5) is 38.7. The second-order valence-corrected chi connectivity index (χ2v) is 10.7. The number of rotatable bonds is 15. The Morgan fingerprint density at radius 1 is 1.15 bits per heavy atom. The predicted octanol–water partition coefficient (Wildman–Crippen LogP) is 2.20. The molecule has 0 unspecified atom stereocenters. The number of aliphatic hydroxyl groups excluding tert-OH is 1. The van der Waals surface area contributed by atoms with Gasteiger partial charge in [0.05, 0.1) is 24.7 Å². The second kappa shape index (κ2) is 15.6. The minimum absolute atomic E-state index is 0.109. The Bertz CT molecular complexity index is 1100. The summed E-state index contributed by atoms with van der Waals surface area (Å²) in [5, 5.41) is 10.5. The number of hydrogen-bond acceptors (Lipinski definition) is 16. The number of phosphoric ester groups is 1. The van der Waals surface area contributed by atoms with Gasteiger partial charge in [0.15, 0.2) is 19.2 Å². The van der Waals surface area contributed by atoms with Gasteiger partial charge in [-0.25, -0.2) is 32.4 Å². The van der Waals surface area contributed by atoms with Crippen LogP contribution in [0.2, 0.25) is 0 Å². The Balaban J connectivity index is 2.01. The van der Waals surface area contributed by atoms with Gasteiger partial charge in [0.2, 0.25) is 13.6 Å². The van der Waals surface area contributed by atoms with Crippen molar-refractivity contribution in [3.63, 3.8) is 0 Å². The number of aromatic nitrogens is 2. The topological polar surface area (TPSA) is 215 Å². The van der Waals surface area contributed by atoms with E-state index in [1.165, 1.54) is 6.07 Å². The molecule has 0 aliphatic carbocycles. The molecule has 0 radical (unpaired) electrons. The van der Waals surface area contributed by atoms with Crippen LogP contribution in [0.4, 0.5) is 19.8 Å². The number of halogens is 2. The van der Waals surface area contributed by atoms with Crippen molar-refractivity contribution in [2.24, 2.45) is 0 Å². The molecule has 1 saturated heterocycles. The van der Waals surface area contributed by atoms with E-state index < -0.39 is 95.0 Å². The molecule has 2 heterocycles. The number of anilines is 1. The van der Waals surface area contributed by atoms with Crippen molar-refractivity contribution in [1.29, 1.82) is 0 Å². The van der Waals surface area contributed by atoms with Crippen LogP contribution in [0.15, 0.2) is 17.1 Å². The van der Waals surface area contributed by atoms with E-state index in [-0.39, 0.29) is 5.82 Å². The summed E-state index contributed by atoms with van der Waals surface area (Å²) in [6.45, 7) is 2.75. The monoisotopic (exact) mass is 635 g/mol. The zero-order chi connectivity index (χ0) is 30.8. The van der Waals surface area contributed by atoms with Crippen LogP contribution in [0.3, 0.4) is 0 Å². The lowest BCUT2D eigenvalue weighted by Gasteiger charge is -2.29. The summed E-state index contributed by atoms with van der Waals surface area (Å²) in [5.74, 6) is -0.618. The van der Waals surface area contributed by atoms with Gasteiger partial charge < -0.3 is 39.3 Å². The average molecular weight is 636 g/mol. The zero-order valence-corrected chi connectivity index (χ0v) is 24.2. The smallest absolute Gasteiger partial charge is 0.432 e.